The third kappa shape index (κ3) is 3.58. The van der Waals surface area contributed by atoms with E-state index in [1.54, 1.807) is 54.3 Å². The molecule has 0 radical (unpaired) electrons. The van der Waals surface area contributed by atoms with Crippen LogP contribution in [0.2, 0.25) is 0 Å². The van der Waals surface area contributed by atoms with Gasteiger partial charge in [-0.2, -0.15) is 0 Å². The first-order chi connectivity index (χ1) is 12.0. The molecule has 1 aliphatic rings. The lowest BCUT2D eigenvalue weighted by molar-refractivity contribution is -0.125. The molecule has 5 nitrogen and oxygen atoms in total. The van der Waals surface area contributed by atoms with Crippen LogP contribution in [0.4, 0.5) is 11.4 Å². The van der Waals surface area contributed by atoms with Crippen LogP contribution in [-0.4, -0.2) is 24.5 Å². The standard InChI is InChI=1S/C19H17BrN2O3/c1-3-9-22-16-11-15(7-8-17(16)25-12(2)19(22)24)21-18(23)13-5-4-6-14(20)10-13/h3-8,10-12H,1,9H2,2H3,(H,21,23). The molecule has 2 amide bonds. The van der Waals surface area contributed by atoms with E-state index in [1.165, 1.54) is 0 Å². The minimum absolute atomic E-state index is 0.136. The highest BCUT2D eigenvalue weighted by atomic mass is 79.9. The van der Waals surface area contributed by atoms with Crippen LogP contribution >= 0.6 is 15.9 Å². The molecule has 0 aromatic heterocycles. The second-order valence-electron chi connectivity index (χ2n) is 5.64. The molecule has 0 aliphatic carbocycles. The normalized spacial score (nSPS) is 16.0. The van der Waals surface area contributed by atoms with Crippen molar-refractivity contribution in [3.05, 3.63) is 65.2 Å². The zero-order valence-electron chi connectivity index (χ0n) is 13.7. The van der Waals surface area contributed by atoms with Gasteiger partial charge in [0.2, 0.25) is 0 Å². The summed E-state index contributed by atoms with van der Waals surface area (Å²) in [5.41, 5.74) is 1.75. The second-order valence-corrected chi connectivity index (χ2v) is 6.56. The Morgan fingerprint density at radius 1 is 1.36 bits per heavy atom. The fourth-order valence-corrected chi connectivity index (χ4v) is 3.03. The molecule has 6 heteroatoms. The van der Waals surface area contributed by atoms with Crippen molar-refractivity contribution >= 4 is 39.1 Å². The molecule has 0 saturated heterocycles. The van der Waals surface area contributed by atoms with Crippen LogP contribution in [0.15, 0.2) is 59.6 Å². The van der Waals surface area contributed by atoms with E-state index in [1.807, 2.05) is 6.07 Å². The highest BCUT2D eigenvalue weighted by Crippen LogP contribution is 2.36. The third-order valence-corrected chi connectivity index (χ3v) is 4.32. The molecule has 1 heterocycles. The molecule has 2 aromatic carbocycles. The maximum absolute atomic E-state index is 12.4. The highest BCUT2D eigenvalue weighted by molar-refractivity contribution is 9.10. The molecule has 0 fully saturated rings. The topological polar surface area (TPSA) is 58.6 Å². The van der Waals surface area contributed by atoms with E-state index in [0.29, 0.717) is 29.2 Å². The van der Waals surface area contributed by atoms with E-state index in [-0.39, 0.29) is 11.8 Å². The summed E-state index contributed by atoms with van der Waals surface area (Å²) >= 11 is 3.35. The van der Waals surface area contributed by atoms with Gasteiger partial charge in [0.15, 0.2) is 6.10 Å². The monoisotopic (exact) mass is 400 g/mol. The van der Waals surface area contributed by atoms with E-state index < -0.39 is 6.10 Å². The van der Waals surface area contributed by atoms with Gasteiger partial charge in [0.1, 0.15) is 5.75 Å². The quantitative estimate of drug-likeness (QED) is 0.788. The Morgan fingerprint density at radius 3 is 2.88 bits per heavy atom. The van der Waals surface area contributed by atoms with Gasteiger partial charge in [-0.3, -0.25) is 9.59 Å². The van der Waals surface area contributed by atoms with Crippen LogP contribution < -0.4 is 15.0 Å². The first kappa shape index (κ1) is 17.2. The van der Waals surface area contributed by atoms with E-state index >= 15 is 0 Å². The highest BCUT2D eigenvalue weighted by Gasteiger charge is 2.31. The second kappa shape index (κ2) is 7.11. The molecule has 1 unspecified atom stereocenters. The molecular formula is C19H17BrN2O3. The summed E-state index contributed by atoms with van der Waals surface area (Å²) in [6.07, 6.45) is 1.11. The summed E-state index contributed by atoms with van der Waals surface area (Å²) in [5.74, 6) is 0.241. The minimum Gasteiger partial charge on any atom is -0.479 e. The summed E-state index contributed by atoms with van der Waals surface area (Å²) in [6, 6.07) is 12.4. The predicted molar refractivity (Wildman–Crippen MR) is 101 cm³/mol. The molecule has 0 bridgehead atoms. The third-order valence-electron chi connectivity index (χ3n) is 3.82. The number of nitrogens with zero attached hydrogens (tertiary/aromatic N) is 1. The zero-order valence-corrected chi connectivity index (χ0v) is 15.2. The molecule has 2 aromatic rings. The van der Waals surface area contributed by atoms with Gasteiger partial charge in [-0.1, -0.05) is 28.1 Å². The van der Waals surface area contributed by atoms with Crippen LogP contribution in [0.1, 0.15) is 17.3 Å². The number of rotatable bonds is 4. The number of carbonyl (C=O) groups excluding carboxylic acids is 2. The van der Waals surface area contributed by atoms with Crippen molar-refractivity contribution in [3.8, 4) is 5.75 Å². The number of nitrogens with one attached hydrogen (secondary N) is 1. The Labute approximate surface area is 154 Å². The van der Waals surface area contributed by atoms with Crippen LogP contribution in [0.5, 0.6) is 5.75 Å². The van der Waals surface area contributed by atoms with Crippen molar-refractivity contribution in [1.82, 2.24) is 0 Å². The smallest absolute Gasteiger partial charge is 0.268 e. The lowest BCUT2D eigenvalue weighted by atomic mass is 10.1. The Kier molecular flexibility index (Phi) is 4.90. The fraction of sp³-hybridized carbons (Fsp3) is 0.158. The summed E-state index contributed by atoms with van der Waals surface area (Å²) in [5, 5.41) is 2.85. The van der Waals surface area contributed by atoms with E-state index in [9.17, 15) is 9.59 Å². The molecule has 1 atom stereocenters. The van der Waals surface area contributed by atoms with Gasteiger partial charge >= 0.3 is 0 Å². The van der Waals surface area contributed by atoms with E-state index in [4.69, 9.17) is 4.74 Å². The van der Waals surface area contributed by atoms with Gasteiger partial charge in [-0.05, 0) is 43.3 Å². The molecule has 128 valence electrons. The molecular weight excluding hydrogens is 384 g/mol. The first-order valence-corrected chi connectivity index (χ1v) is 8.59. The number of fused-ring (bicyclic) bond motifs is 1. The Balaban J connectivity index is 1.88. The average Bonchev–Trinajstić information content (AvgIpc) is 2.59. The number of hydrogen-bond acceptors (Lipinski definition) is 3. The van der Waals surface area contributed by atoms with Gasteiger partial charge in [-0.25, -0.2) is 0 Å². The average molecular weight is 401 g/mol. The first-order valence-electron chi connectivity index (χ1n) is 7.79. The Morgan fingerprint density at radius 2 is 2.16 bits per heavy atom. The summed E-state index contributed by atoms with van der Waals surface area (Å²) < 4.78 is 6.47. The molecule has 0 saturated carbocycles. The number of hydrogen-bond donors (Lipinski definition) is 1. The minimum atomic E-state index is -0.547. The van der Waals surface area contributed by atoms with E-state index in [0.717, 1.165) is 4.47 Å². The predicted octanol–water partition coefficient (Wildman–Crippen LogP) is 4.00. The summed E-state index contributed by atoms with van der Waals surface area (Å²) in [6.45, 7) is 5.79. The Bertz CT molecular complexity index is 850. The lowest BCUT2D eigenvalue weighted by Crippen LogP contribution is -2.44. The fourth-order valence-electron chi connectivity index (χ4n) is 2.64. The molecule has 1 N–H and O–H groups in total. The molecule has 3 rings (SSSR count). The number of amides is 2. The number of anilines is 2. The van der Waals surface area contributed by atoms with Crippen molar-refractivity contribution in [2.45, 2.75) is 13.0 Å². The maximum atomic E-state index is 12.4. The largest absolute Gasteiger partial charge is 0.479 e. The van der Waals surface area contributed by atoms with Gasteiger partial charge < -0.3 is 15.0 Å². The van der Waals surface area contributed by atoms with Crippen molar-refractivity contribution in [1.29, 1.82) is 0 Å². The number of ether oxygens (including phenoxy) is 1. The van der Waals surface area contributed by atoms with E-state index in [2.05, 4.69) is 27.8 Å². The van der Waals surface area contributed by atoms with Crippen molar-refractivity contribution in [2.75, 3.05) is 16.8 Å². The van der Waals surface area contributed by atoms with Gasteiger partial charge in [-0.15, -0.1) is 6.58 Å². The Hall–Kier alpha value is -2.60. The molecule has 1 aliphatic heterocycles. The van der Waals surface area contributed by atoms with Crippen molar-refractivity contribution < 1.29 is 14.3 Å². The molecule has 0 spiro atoms. The van der Waals surface area contributed by atoms with Crippen LogP contribution in [0, 0.1) is 0 Å². The van der Waals surface area contributed by atoms with Crippen LogP contribution in [0.25, 0.3) is 0 Å². The van der Waals surface area contributed by atoms with Gasteiger partial charge in [0, 0.05) is 22.3 Å². The van der Waals surface area contributed by atoms with Gasteiger partial charge in [0.25, 0.3) is 11.8 Å². The van der Waals surface area contributed by atoms with Crippen LogP contribution in [0.3, 0.4) is 0 Å². The zero-order chi connectivity index (χ0) is 18.0. The van der Waals surface area contributed by atoms with Crippen LogP contribution in [-0.2, 0) is 4.79 Å². The summed E-state index contributed by atoms with van der Waals surface area (Å²) in [4.78, 5) is 26.3. The number of benzene rings is 2. The maximum Gasteiger partial charge on any atom is 0.268 e. The SMILES string of the molecule is C=CCN1C(=O)C(C)Oc2ccc(NC(=O)c3cccc(Br)c3)cc21. The van der Waals surface area contributed by atoms with Gasteiger partial charge in [0.05, 0.1) is 5.69 Å². The van der Waals surface area contributed by atoms with Crippen molar-refractivity contribution in [2.24, 2.45) is 0 Å². The molecule has 25 heavy (non-hydrogen) atoms. The number of carbonyl (C=O) groups is 2. The van der Waals surface area contributed by atoms with Crippen molar-refractivity contribution in [3.63, 3.8) is 0 Å². The number of halogens is 1. The summed E-state index contributed by atoms with van der Waals surface area (Å²) in [7, 11) is 0. The lowest BCUT2D eigenvalue weighted by Gasteiger charge is -2.32.